The van der Waals surface area contributed by atoms with E-state index in [1.165, 1.54) is 32.0 Å². The summed E-state index contributed by atoms with van der Waals surface area (Å²) in [4.78, 5) is 27.1. The molecule has 2 heterocycles. The molecule has 0 spiro atoms. The summed E-state index contributed by atoms with van der Waals surface area (Å²) in [5.74, 6) is -0.344. The van der Waals surface area contributed by atoms with E-state index in [2.05, 4.69) is 18.8 Å². The van der Waals surface area contributed by atoms with Crippen LogP contribution in [0, 0.1) is 0 Å². The fraction of sp³-hybridized carbons (Fsp3) is 0.438. The molecule has 0 aliphatic carbocycles. The molecule has 2 aromatic heterocycles. The van der Waals surface area contributed by atoms with Gasteiger partial charge >= 0.3 is 5.97 Å². The monoisotopic (exact) mass is 339 g/mol. The van der Waals surface area contributed by atoms with Gasteiger partial charge in [-0.3, -0.25) is 9.59 Å². The van der Waals surface area contributed by atoms with E-state index in [4.69, 9.17) is 14.6 Å². The van der Waals surface area contributed by atoms with Crippen molar-refractivity contribution in [3.05, 3.63) is 17.0 Å². The van der Waals surface area contributed by atoms with E-state index in [0.717, 1.165) is 4.70 Å². The Balaban J connectivity index is 0.000000816. The summed E-state index contributed by atoms with van der Waals surface area (Å²) < 4.78 is 11.0. The minimum absolute atomic E-state index is 0.0174. The molecule has 0 aliphatic rings. The third-order valence-electron chi connectivity index (χ3n) is 2.69. The number of nitrogens with zero attached hydrogens (tertiary/aromatic N) is 1. The molecular weight excluding hydrogens is 318 g/mol. The minimum atomic E-state index is -0.985. The number of carboxylic acid groups (broad SMARTS) is 1. The number of hydrogen-bond donors (Lipinski definition) is 1. The van der Waals surface area contributed by atoms with Gasteiger partial charge in [0.1, 0.15) is 0 Å². The van der Waals surface area contributed by atoms with E-state index in [9.17, 15) is 9.59 Å². The largest absolute Gasteiger partial charge is 0.491 e. The van der Waals surface area contributed by atoms with Crippen LogP contribution in [0.4, 0.5) is 0 Å². The van der Waals surface area contributed by atoms with Crippen molar-refractivity contribution in [2.24, 2.45) is 0 Å². The number of fused-ring (bicyclic) bond motifs is 1. The van der Waals surface area contributed by atoms with Gasteiger partial charge in [-0.25, -0.2) is 4.98 Å². The average molecular weight is 339 g/mol. The third kappa shape index (κ3) is 5.21. The first-order valence-electron chi connectivity index (χ1n) is 7.24. The molecule has 23 heavy (non-hydrogen) atoms. The van der Waals surface area contributed by atoms with Gasteiger partial charge in [0.05, 0.1) is 35.7 Å². The molecule has 7 heteroatoms. The summed E-state index contributed by atoms with van der Waals surface area (Å²) in [6.45, 7) is 4.25. The number of Topliss-reactive ketones (excluding diaryl/α,β-unsaturated/α-hetero) is 1. The molecule has 0 aromatic carbocycles. The minimum Gasteiger partial charge on any atom is -0.491 e. The van der Waals surface area contributed by atoms with Gasteiger partial charge in [-0.2, -0.15) is 0 Å². The number of ether oxygens (including phenoxy) is 2. The normalized spacial score (nSPS) is 9.91. The molecule has 0 bridgehead atoms. The van der Waals surface area contributed by atoms with Crippen molar-refractivity contribution in [3.63, 3.8) is 0 Å². The van der Waals surface area contributed by atoms with E-state index >= 15 is 0 Å². The summed E-state index contributed by atoms with van der Waals surface area (Å²) in [6.07, 6.45) is 1.06. The molecule has 0 fully saturated rings. The maximum absolute atomic E-state index is 11.9. The number of rotatable bonds is 6. The summed E-state index contributed by atoms with van der Waals surface area (Å²) in [6, 6.07) is 3.39. The number of thiophene rings is 1. The van der Waals surface area contributed by atoms with Crippen LogP contribution in [0.2, 0.25) is 0 Å². The van der Waals surface area contributed by atoms with E-state index in [-0.39, 0.29) is 18.6 Å². The lowest BCUT2D eigenvalue weighted by atomic mass is 10.2. The molecule has 0 saturated heterocycles. The second-order valence-corrected chi connectivity index (χ2v) is 5.80. The van der Waals surface area contributed by atoms with Gasteiger partial charge in [-0.05, 0) is 6.07 Å². The lowest BCUT2D eigenvalue weighted by Gasteiger charge is -2.05. The topological polar surface area (TPSA) is 85.7 Å². The number of carboxylic acids is 1. The van der Waals surface area contributed by atoms with E-state index in [1.54, 1.807) is 12.1 Å². The zero-order chi connectivity index (χ0) is 17.4. The Morgan fingerprint density at radius 1 is 1.17 bits per heavy atom. The summed E-state index contributed by atoms with van der Waals surface area (Å²) in [5.41, 5.74) is 0.631. The van der Waals surface area contributed by atoms with Gasteiger partial charge in [-0.1, -0.05) is 20.3 Å². The predicted octanol–water partition coefficient (Wildman–Crippen LogP) is 3.78. The zero-order valence-electron chi connectivity index (χ0n) is 13.7. The molecule has 0 unspecified atom stereocenters. The van der Waals surface area contributed by atoms with Gasteiger partial charge in [0.25, 0.3) is 5.88 Å². The maximum Gasteiger partial charge on any atom is 0.303 e. The highest BCUT2D eigenvalue weighted by Crippen LogP contribution is 2.33. The third-order valence-corrected chi connectivity index (χ3v) is 3.80. The predicted molar refractivity (Wildman–Crippen MR) is 89.9 cm³/mol. The lowest BCUT2D eigenvalue weighted by Crippen LogP contribution is -2.01. The van der Waals surface area contributed by atoms with Gasteiger partial charge < -0.3 is 14.6 Å². The summed E-state index contributed by atoms with van der Waals surface area (Å²) in [5, 5.41) is 8.59. The molecule has 0 atom stereocenters. The number of ketones is 1. The van der Waals surface area contributed by atoms with Crippen LogP contribution in [-0.4, -0.2) is 36.1 Å². The van der Waals surface area contributed by atoms with Crippen LogP contribution in [0.15, 0.2) is 12.1 Å². The van der Waals surface area contributed by atoms with Crippen LogP contribution in [0.25, 0.3) is 10.2 Å². The van der Waals surface area contributed by atoms with Crippen LogP contribution in [0.1, 0.15) is 42.8 Å². The van der Waals surface area contributed by atoms with Crippen LogP contribution in [0.3, 0.4) is 0 Å². The number of aliphatic carboxylic acids is 1. The Bertz CT molecular complexity index is 639. The molecule has 126 valence electrons. The number of aromatic nitrogens is 1. The van der Waals surface area contributed by atoms with Crippen LogP contribution in [0.5, 0.6) is 11.6 Å². The second-order valence-electron chi connectivity index (χ2n) is 4.72. The standard InChI is InChI=1S/C13H13NO5S.C3H8/c1-18-9-6-10-7(14-13(9)19-2)5-11(20-10)8(15)3-4-12(16)17;1-3-2/h5-6H,3-4H2,1-2H3,(H,16,17);3H2,1-2H3. The van der Waals surface area contributed by atoms with Crippen molar-refractivity contribution >= 4 is 33.3 Å². The van der Waals surface area contributed by atoms with E-state index in [1.807, 2.05) is 0 Å². The average Bonchev–Trinajstić information content (AvgIpc) is 2.94. The lowest BCUT2D eigenvalue weighted by molar-refractivity contribution is -0.136. The van der Waals surface area contributed by atoms with Gasteiger partial charge in [0.2, 0.25) is 0 Å². The van der Waals surface area contributed by atoms with Gasteiger partial charge in [-0.15, -0.1) is 11.3 Å². The molecule has 0 radical (unpaired) electrons. The fourth-order valence-electron chi connectivity index (χ4n) is 1.71. The second kappa shape index (κ2) is 9.09. The summed E-state index contributed by atoms with van der Waals surface area (Å²) in [7, 11) is 3.00. The Hall–Kier alpha value is -2.15. The van der Waals surface area contributed by atoms with Crippen LogP contribution < -0.4 is 9.47 Å². The highest BCUT2D eigenvalue weighted by molar-refractivity contribution is 7.20. The number of methoxy groups -OCH3 is 2. The van der Waals surface area contributed by atoms with Crippen LogP contribution >= 0.6 is 11.3 Å². The highest BCUT2D eigenvalue weighted by atomic mass is 32.1. The first-order chi connectivity index (χ1) is 11.0. The van der Waals surface area contributed by atoms with E-state index < -0.39 is 5.97 Å². The van der Waals surface area contributed by atoms with E-state index in [0.29, 0.717) is 22.0 Å². The molecular formula is C16H21NO5S. The maximum atomic E-state index is 11.9. The van der Waals surface area contributed by atoms with Crippen molar-refractivity contribution in [3.8, 4) is 11.6 Å². The summed E-state index contributed by atoms with van der Waals surface area (Å²) >= 11 is 1.27. The first kappa shape index (κ1) is 18.9. The molecule has 0 saturated carbocycles. The van der Waals surface area contributed by atoms with Gasteiger partial charge in [0.15, 0.2) is 11.5 Å². The molecule has 0 aliphatic heterocycles. The van der Waals surface area contributed by atoms with Crippen molar-refractivity contribution in [1.82, 2.24) is 4.98 Å². The van der Waals surface area contributed by atoms with Crippen LogP contribution in [-0.2, 0) is 4.79 Å². The van der Waals surface area contributed by atoms with Gasteiger partial charge in [0, 0.05) is 12.5 Å². The SMILES string of the molecule is CCC.COc1cc2sc(C(=O)CCC(=O)O)cc2nc1OC. The highest BCUT2D eigenvalue weighted by Gasteiger charge is 2.15. The molecule has 1 N–H and O–H groups in total. The van der Waals surface area contributed by atoms with Crippen molar-refractivity contribution in [1.29, 1.82) is 0 Å². The smallest absolute Gasteiger partial charge is 0.303 e. The van der Waals surface area contributed by atoms with Crippen molar-refractivity contribution in [2.75, 3.05) is 14.2 Å². The molecule has 6 nitrogen and oxygen atoms in total. The number of pyridine rings is 1. The van der Waals surface area contributed by atoms with Crippen molar-refractivity contribution in [2.45, 2.75) is 33.1 Å². The fourth-order valence-corrected chi connectivity index (χ4v) is 2.70. The Morgan fingerprint density at radius 3 is 2.35 bits per heavy atom. The zero-order valence-corrected chi connectivity index (χ0v) is 14.5. The number of carbonyl (C=O) groups is 2. The number of carbonyl (C=O) groups excluding carboxylic acids is 1. The van der Waals surface area contributed by atoms with Crippen molar-refractivity contribution < 1.29 is 24.2 Å². The molecule has 2 rings (SSSR count). The Kier molecular flexibility index (Phi) is 7.47. The first-order valence-corrected chi connectivity index (χ1v) is 8.05. The Labute approximate surface area is 139 Å². The molecule has 0 amide bonds. The molecule has 2 aromatic rings. The Morgan fingerprint density at radius 2 is 1.83 bits per heavy atom. The quantitative estimate of drug-likeness (QED) is 0.806. The number of hydrogen-bond acceptors (Lipinski definition) is 6.